The summed E-state index contributed by atoms with van der Waals surface area (Å²) in [5.74, 6) is 0.391. The lowest BCUT2D eigenvalue weighted by Crippen LogP contribution is -2.62. The van der Waals surface area contributed by atoms with Crippen molar-refractivity contribution in [3.8, 4) is 0 Å². The number of aliphatic hydroxyl groups is 4. The first-order chi connectivity index (χ1) is 16.2. The molecule has 34 heavy (non-hydrogen) atoms. The van der Waals surface area contributed by atoms with Gasteiger partial charge in [-0.2, -0.15) is 5.10 Å². The van der Waals surface area contributed by atoms with E-state index in [4.69, 9.17) is 21.1 Å². The molecule has 8 atom stereocenters. The van der Waals surface area contributed by atoms with E-state index in [1.807, 2.05) is 24.3 Å². The van der Waals surface area contributed by atoms with Gasteiger partial charge in [0.1, 0.15) is 37.1 Å². The molecule has 0 spiro atoms. The largest absolute Gasteiger partial charge is 0.394 e. The lowest BCUT2D eigenvalue weighted by molar-refractivity contribution is -0.339. The molecule has 9 nitrogen and oxygen atoms in total. The number of hydrogen-bond donors (Lipinski definition) is 4. The summed E-state index contributed by atoms with van der Waals surface area (Å²) in [6.45, 7) is 4.15. The van der Waals surface area contributed by atoms with E-state index < -0.39 is 42.9 Å². The van der Waals surface area contributed by atoms with Gasteiger partial charge in [0.2, 0.25) is 0 Å². The van der Waals surface area contributed by atoms with Crippen molar-refractivity contribution in [3.05, 3.63) is 47.5 Å². The summed E-state index contributed by atoms with van der Waals surface area (Å²) in [6, 6.07) is 7.73. The van der Waals surface area contributed by atoms with Crippen LogP contribution in [0.3, 0.4) is 0 Å². The van der Waals surface area contributed by atoms with Gasteiger partial charge < -0.3 is 29.9 Å². The Bertz CT molecular complexity index is 912. The molecule has 0 amide bonds. The number of nitrogens with zero attached hydrogens (tertiary/aromatic N) is 3. The molecule has 1 saturated heterocycles. The minimum absolute atomic E-state index is 0.0395. The Labute approximate surface area is 204 Å². The molecule has 2 aromatic rings. The zero-order valence-electron chi connectivity index (χ0n) is 19.4. The summed E-state index contributed by atoms with van der Waals surface area (Å²) in [5, 5.41) is 46.0. The molecular formula is C24H34ClN3O6. The molecule has 1 aromatic heterocycles. The number of halogens is 1. The molecule has 2 aliphatic rings. The van der Waals surface area contributed by atoms with Gasteiger partial charge in [-0.3, -0.25) is 4.68 Å². The maximum atomic E-state index is 10.8. The fourth-order valence-corrected chi connectivity index (χ4v) is 5.79. The van der Waals surface area contributed by atoms with Crippen molar-refractivity contribution in [1.29, 1.82) is 0 Å². The van der Waals surface area contributed by atoms with Crippen LogP contribution in [0.4, 0.5) is 0 Å². The molecule has 1 aliphatic heterocycles. The summed E-state index contributed by atoms with van der Waals surface area (Å²) in [6.07, 6.45) is -1.09. The smallest absolute Gasteiger partial charge is 0.187 e. The van der Waals surface area contributed by atoms with Crippen LogP contribution in [0.5, 0.6) is 0 Å². The molecule has 2 heterocycles. The summed E-state index contributed by atoms with van der Waals surface area (Å²) >= 11 is 6.09. The first kappa shape index (κ1) is 25.5. The highest BCUT2D eigenvalue weighted by Crippen LogP contribution is 2.50. The van der Waals surface area contributed by atoms with E-state index in [1.54, 1.807) is 11.0 Å². The molecule has 4 rings (SSSR count). The number of aromatic nitrogens is 3. The van der Waals surface area contributed by atoms with Gasteiger partial charge in [-0.1, -0.05) is 37.6 Å². The van der Waals surface area contributed by atoms with E-state index in [-0.39, 0.29) is 17.8 Å². The average molecular weight is 496 g/mol. The molecular weight excluding hydrogens is 462 g/mol. The number of aliphatic hydroxyl groups excluding tert-OH is 4. The summed E-state index contributed by atoms with van der Waals surface area (Å²) < 4.78 is 14.2. The van der Waals surface area contributed by atoms with E-state index in [9.17, 15) is 20.4 Å². The Kier molecular flexibility index (Phi) is 7.93. The van der Waals surface area contributed by atoms with Crippen molar-refractivity contribution in [2.24, 2.45) is 17.8 Å². The van der Waals surface area contributed by atoms with Gasteiger partial charge in [0, 0.05) is 5.02 Å². The SMILES string of the molecule is CC(C)C1CCC(Cc2ccc(Cl)cc2)C1(Cn1cncn1)O[C@@H]1O[C@H](CO)[C@@H](O)[C@H](O)[C@H]1O. The van der Waals surface area contributed by atoms with E-state index in [2.05, 4.69) is 23.9 Å². The fourth-order valence-electron chi connectivity index (χ4n) is 5.67. The highest BCUT2D eigenvalue weighted by atomic mass is 35.5. The minimum Gasteiger partial charge on any atom is -0.394 e. The highest BCUT2D eigenvalue weighted by molar-refractivity contribution is 6.30. The second-order valence-corrected chi connectivity index (χ2v) is 10.3. The quantitative estimate of drug-likeness (QED) is 0.432. The van der Waals surface area contributed by atoms with Gasteiger partial charge in [0.15, 0.2) is 6.29 Å². The molecule has 4 N–H and O–H groups in total. The third kappa shape index (κ3) is 5.02. The van der Waals surface area contributed by atoms with Gasteiger partial charge in [0.25, 0.3) is 0 Å². The first-order valence-corrected chi connectivity index (χ1v) is 12.2. The first-order valence-electron chi connectivity index (χ1n) is 11.8. The predicted octanol–water partition coefficient (Wildman–Crippen LogP) is 1.41. The predicted molar refractivity (Wildman–Crippen MR) is 124 cm³/mol. The lowest BCUT2D eigenvalue weighted by atomic mass is 9.75. The Hall–Kier alpha value is -1.59. The van der Waals surface area contributed by atoms with Gasteiger partial charge in [0.05, 0.1) is 18.8 Å². The summed E-state index contributed by atoms with van der Waals surface area (Å²) in [4.78, 5) is 4.09. The molecule has 1 saturated carbocycles. The fraction of sp³-hybridized carbons (Fsp3) is 0.667. The van der Waals surface area contributed by atoms with Gasteiger partial charge >= 0.3 is 0 Å². The van der Waals surface area contributed by atoms with Crippen molar-refractivity contribution < 1.29 is 29.9 Å². The Morgan fingerprint density at radius 2 is 1.88 bits per heavy atom. The van der Waals surface area contributed by atoms with Crippen molar-refractivity contribution in [2.45, 2.75) is 76.0 Å². The Morgan fingerprint density at radius 1 is 1.15 bits per heavy atom. The van der Waals surface area contributed by atoms with Crippen LogP contribution in [0.25, 0.3) is 0 Å². The molecule has 1 aliphatic carbocycles. The van der Waals surface area contributed by atoms with Gasteiger partial charge in [-0.25, -0.2) is 4.98 Å². The normalized spacial score (nSPS) is 36.3. The number of ether oxygens (including phenoxy) is 2. The maximum Gasteiger partial charge on any atom is 0.187 e. The molecule has 2 fully saturated rings. The minimum atomic E-state index is -1.51. The Balaban J connectivity index is 1.71. The average Bonchev–Trinajstić information content (AvgIpc) is 3.44. The van der Waals surface area contributed by atoms with Crippen LogP contribution >= 0.6 is 11.6 Å². The zero-order chi connectivity index (χ0) is 24.5. The highest BCUT2D eigenvalue weighted by Gasteiger charge is 2.56. The molecule has 1 aromatic carbocycles. The van der Waals surface area contributed by atoms with Crippen molar-refractivity contribution in [3.63, 3.8) is 0 Å². The summed E-state index contributed by atoms with van der Waals surface area (Å²) in [7, 11) is 0. The van der Waals surface area contributed by atoms with Crippen LogP contribution in [0, 0.1) is 17.8 Å². The third-order valence-corrected chi connectivity index (χ3v) is 7.66. The van der Waals surface area contributed by atoms with Crippen LogP contribution in [0.2, 0.25) is 5.02 Å². The van der Waals surface area contributed by atoms with E-state index in [1.165, 1.54) is 6.33 Å². The standard InChI is InChI=1S/C24H34ClN3O6/c1-14(2)18-8-5-16(9-15-3-6-17(25)7-4-15)24(18,11-28-13-26-12-27-28)34-23-22(32)21(31)20(30)19(10-29)33-23/h3-4,6-7,12-14,16,18-23,29-32H,5,8-11H2,1-2H3/t16?,18?,19-,20-,21+,22-,23+,24?/m1/s1. The van der Waals surface area contributed by atoms with Gasteiger partial charge in [-0.15, -0.1) is 0 Å². The molecule has 188 valence electrons. The second kappa shape index (κ2) is 10.6. The molecule has 0 radical (unpaired) electrons. The van der Waals surface area contributed by atoms with Crippen LogP contribution < -0.4 is 0 Å². The van der Waals surface area contributed by atoms with Crippen molar-refractivity contribution in [2.75, 3.05) is 6.61 Å². The third-order valence-electron chi connectivity index (χ3n) is 7.40. The monoisotopic (exact) mass is 495 g/mol. The van der Waals surface area contributed by atoms with Crippen LogP contribution in [0.15, 0.2) is 36.9 Å². The second-order valence-electron chi connectivity index (χ2n) is 9.82. The Morgan fingerprint density at radius 3 is 2.50 bits per heavy atom. The molecule has 10 heteroatoms. The van der Waals surface area contributed by atoms with E-state index >= 15 is 0 Å². The maximum absolute atomic E-state index is 10.8. The molecule has 3 unspecified atom stereocenters. The number of rotatable bonds is 8. The zero-order valence-corrected chi connectivity index (χ0v) is 20.2. The number of benzene rings is 1. The topological polar surface area (TPSA) is 130 Å². The lowest BCUT2D eigenvalue weighted by Gasteiger charge is -2.48. The van der Waals surface area contributed by atoms with E-state index in [0.29, 0.717) is 18.0 Å². The number of hydrogen-bond acceptors (Lipinski definition) is 8. The molecule has 0 bridgehead atoms. The van der Waals surface area contributed by atoms with Crippen molar-refractivity contribution >= 4 is 11.6 Å². The van der Waals surface area contributed by atoms with Crippen LogP contribution in [-0.2, 0) is 22.4 Å². The van der Waals surface area contributed by atoms with E-state index in [0.717, 1.165) is 18.4 Å². The van der Waals surface area contributed by atoms with Crippen LogP contribution in [-0.4, -0.2) is 78.1 Å². The summed E-state index contributed by atoms with van der Waals surface area (Å²) in [5.41, 5.74) is 0.300. The van der Waals surface area contributed by atoms with Crippen LogP contribution in [0.1, 0.15) is 32.3 Å². The van der Waals surface area contributed by atoms with Crippen molar-refractivity contribution in [1.82, 2.24) is 14.8 Å². The van der Waals surface area contributed by atoms with Gasteiger partial charge in [-0.05, 0) is 54.7 Å².